The van der Waals surface area contributed by atoms with Crippen molar-refractivity contribution in [2.75, 3.05) is 11.4 Å². The van der Waals surface area contributed by atoms with E-state index in [1.54, 1.807) is 36.1 Å². The highest BCUT2D eigenvalue weighted by Crippen LogP contribution is 2.13. The Hall–Kier alpha value is -2.82. The van der Waals surface area contributed by atoms with Crippen LogP contribution in [0, 0.1) is 0 Å². The lowest BCUT2D eigenvalue weighted by molar-refractivity contribution is 0.247. The largest absolute Gasteiger partial charge is 0.508 e. The molecule has 114 valence electrons. The molecule has 2 N–H and O–H groups in total. The second-order valence-corrected chi connectivity index (χ2v) is 4.74. The molecule has 5 nitrogen and oxygen atoms in total. The van der Waals surface area contributed by atoms with Crippen molar-refractivity contribution >= 4 is 17.4 Å². The van der Waals surface area contributed by atoms with E-state index < -0.39 is 0 Å². The van der Waals surface area contributed by atoms with Gasteiger partial charge in [0.2, 0.25) is 0 Å². The number of carbonyl (C=O) groups excluding carboxylic acids is 1. The van der Waals surface area contributed by atoms with Crippen molar-refractivity contribution in [2.24, 2.45) is 5.10 Å². The molecule has 2 aromatic rings. The molecule has 0 aliphatic heterocycles. The number of hydrazone groups is 1. The SMILES string of the molecule is CCN(C(=O)N/N=C(/C)c1ccc(O)cc1)c1ccccc1. The first-order chi connectivity index (χ1) is 10.6. The van der Waals surface area contributed by atoms with E-state index in [4.69, 9.17) is 0 Å². The molecule has 0 atom stereocenters. The van der Waals surface area contributed by atoms with Gasteiger partial charge in [-0.2, -0.15) is 5.10 Å². The molecule has 0 saturated carbocycles. The molecule has 2 aromatic carbocycles. The van der Waals surface area contributed by atoms with E-state index in [0.717, 1.165) is 11.3 Å². The second-order valence-electron chi connectivity index (χ2n) is 4.74. The number of nitrogens with zero attached hydrogens (tertiary/aromatic N) is 2. The molecule has 0 aliphatic carbocycles. The maximum atomic E-state index is 12.2. The number of para-hydroxylation sites is 1. The van der Waals surface area contributed by atoms with E-state index in [0.29, 0.717) is 12.3 Å². The lowest BCUT2D eigenvalue weighted by Gasteiger charge is -2.20. The van der Waals surface area contributed by atoms with Gasteiger partial charge < -0.3 is 5.11 Å². The van der Waals surface area contributed by atoms with Crippen LogP contribution in [0.4, 0.5) is 10.5 Å². The number of carbonyl (C=O) groups is 1. The third-order valence-electron chi connectivity index (χ3n) is 3.23. The Morgan fingerprint density at radius 1 is 1.14 bits per heavy atom. The summed E-state index contributed by atoms with van der Waals surface area (Å²) in [6.45, 7) is 4.25. The Balaban J connectivity index is 2.07. The Morgan fingerprint density at radius 3 is 2.36 bits per heavy atom. The maximum absolute atomic E-state index is 12.2. The number of hydrogen-bond donors (Lipinski definition) is 2. The van der Waals surface area contributed by atoms with E-state index in [1.165, 1.54) is 0 Å². The number of rotatable bonds is 4. The van der Waals surface area contributed by atoms with Crippen LogP contribution in [0.25, 0.3) is 0 Å². The van der Waals surface area contributed by atoms with Gasteiger partial charge in [0, 0.05) is 12.2 Å². The van der Waals surface area contributed by atoms with Crippen LogP contribution in [0.15, 0.2) is 59.7 Å². The van der Waals surface area contributed by atoms with Gasteiger partial charge in [-0.05, 0) is 55.8 Å². The average molecular weight is 297 g/mol. The highest BCUT2D eigenvalue weighted by atomic mass is 16.3. The summed E-state index contributed by atoms with van der Waals surface area (Å²) in [5.41, 5.74) is 4.88. The smallest absolute Gasteiger partial charge is 0.342 e. The lowest BCUT2D eigenvalue weighted by atomic mass is 10.1. The fourth-order valence-corrected chi connectivity index (χ4v) is 2.01. The van der Waals surface area contributed by atoms with Crippen molar-refractivity contribution in [3.05, 3.63) is 60.2 Å². The zero-order valence-corrected chi connectivity index (χ0v) is 12.7. The number of hydrogen-bond acceptors (Lipinski definition) is 3. The molecule has 2 amide bonds. The van der Waals surface area contributed by atoms with Crippen LogP contribution in [0.2, 0.25) is 0 Å². The quantitative estimate of drug-likeness (QED) is 0.671. The number of anilines is 1. The summed E-state index contributed by atoms with van der Waals surface area (Å²) >= 11 is 0. The first-order valence-electron chi connectivity index (χ1n) is 7.08. The van der Waals surface area contributed by atoms with Crippen LogP contribution in [0.1, 0.15) is 19.4 Å². The minimum Gasteiger partial charge on any atom is -0.508 e. The molecular formula is C17H19N3O2. The first-order valence-corrected chi connectivity index (χ1v) is 7.08. The summed E-state index contributed by atoms with van der Waals surface area (Å²) in [4.78, 5) is 13.8. The highest BCUT2D eigenvalue weighted by molar-refractivity contribution is 6.00. The van der Waals surface area contributed by atoms with Crippen LogP contribution in [-0.2, 0) is 0 Å². The number of aromatic hydroxyl groups is 1. The van der Waals surface area contributed by atoms with Crippen molar-refractivity contribution in [1.29, 1.82) is 0 Å². The van der Waals surface area contributed by atoms with E-state index in [1.807, 2.05) is 37.3 Å². The number of urea groups is 1. The zero-order chi connectivity index (χ0) is 15.9. The molecule has 0 saturated heterocycles. The normalized spacial score (nSPS) is 11.1. The summed E-state index contributed by atoms with van der Waals surface area (Å²) in [6.07, 6.45) is 0. The fraction of sp³-hybridized carbons (Fsp3) is 0.176. The summed E-state index contributed by atoms with van der Waals surface area (Å²) in [5, 5.41) is 13.4. The number of benzene rings is 2. The van der Waals surface area contributed by atoms with E-state index in [9.17, 15) is 9.90 Å². The minimum absolute atomic E-state index is 0.196. The van der Waals surface area contributed by atoms with Crippen LogP contribution >= 0.6 is 0 Å². The molecule has 0 spiro atoms. The van der Waals surface area contributed by atoms with E-state index >= 15 is 0 Å². The Bertz CT molecular complexity index is 651. The molecule has 2 rings (SSSR count). The predicted octanol–water partition coefficient (Wildman–Crippen LogP) is 3.35. The van der Waals surface area contributed by atoms with Crippen LogP contribution in [-0.4, -0.2) is 23.4 Å². The van der Waals surface area contributed by atoms with Gasteiger partial charge in [-0.15, -0.1) is 0 Å². The Kier molecular flexibility index (Phi) is 5.14. The van der Waals surface area contributed by atoms with Gasteiger partial charge in [0.25, 0.3) is 0 Å². The standard InChI is InChI=1S/C17H19N3O2/c1-3-20(15-7-5-4-6-8-15)17(22)19-18-13(2)14-9-11-16(21)12-10-14/h4-12,21H,3H2,1-2H3,(H,19,22)/b18-13-. The monoisotopic (exact) mass is 297 g/mol. The third-order valence-corrected chi connectivity index (χ3v) is 3.23. The van der Waals surface area contributed by atoms with Gasteiger partial charge in [-0.25, -0.2) is 10.2 Å². The van der Waals surface area contributed by atoms with Crippen molar-refractivity contribution < 1.29 is 9.90 Å². The molecule has 0 bridgehead atoms. The summed E-state index contributed by atoms with van der Waals surface area (Å²) in [5.74, 6) is 0.196. The molecule has 22 heavy (non-hydrogen) atoms. The van der Waals surface area contributed by atoms with Crippen molar-refractivity contribution in [1.82, 2.24) is 5.43 Å². The molecule has 0 aromatic heterocycles. The van der Waals surface area contributed by atoms with Gasteiger partial charge in [-0.1, -0.05) is 18.2 Å². The van der Waals surface area contributed by atoms with Crippen molar-refractivity contribution in [3.8, 4) is 5.75 Å². The van der Waals surface area contributed by atoms with Gasteiger partial charge >= 0.3 is 6.03 Å². The summed E-state index contributed by atoms with van der Waals surface area (Å²) < 4.78 is 0. The Morgan fingerprint density at radius 2 is 1.77 bits per heavy atom. The molecule has 0 fully saturated rings. The number of phenolic OH excluding ortho intramolecular Hbond substituents is 1. The van der Waals surface area contributed by atoms with E-state index in [-0.39, 0.29) is 11.8 Å². The predicted molar refractivity (Wildman–Crippen MR) is 88.3 cm³/mol. The fourth-order valence-electron chi connectivity index (χ4n) is 2.01. The van der Waals surface area contributed by atoms with Gasteiger partial charge in [0.05, 0.1) is 5.71 Å². The highest BCUT2D eigenvalue weighted by Gasteiger charge is 2.12. The molecule has 0 radical (unpaired) electrons. The number of amides is 2. The lowest BCUT2D eigenvalue weighted by Crippen LogP contribution is -2.37. The van der Waals surface area contributed by atoms with Gasteiger partial charge in [-0.3, -0.25) is 4.90 Å². The molecule has 0 heterocycles. The molecular weight excluding hydrogens is 278 g/mol. The minimum atomic E-state index is -0.285. The van der Waals surface area contributed by atoms with Crippen LogP contribution < -0.4 is 10.3 Å². The topological polar surface area (TPSA) is 64.9 Å². The number of nitrogens with one attached hydrogen (secondary N) is 1. The second kappa shape index (κ2) is 7.26. The van der Waals surface area contributed by atoms with Crippen LogP contribution in [0.3, 0.4) is 0 Å². The van der Waals surface area contributed by atoms with E-state index in [2.05, 4.69) is 10.5 Å². The first kappa shape index (κ1) is 15.6. The van der Waals surface area contributed by atoms with Gasteiger partial charge in [0.1, 0.15) is 5.75 Å². The van der Waals surface area contributed by atoms with Crippen LogP contribution in [0.5, 0.6) is 5.75 Å². The Labute approximate surface area is 129 Å². The van der Waals surface area contributed by atoms with Gasteiger partial charge in [0.15, 0.2) is 0 Å². The van der Waals surface area contributed by atoms with Crippen molar-refractivity contribution in [3.63, 3.8) is 0 Å². The zero-order valence-electron chi connectivity index (χ0n) is 12.7. The number of phenols is 1. The molecule has 0 aliphatic rings. The molecule has 0 unspecified atom stereocenters. The average Bonchev–Trinajstić information content (AvgIpc) is 2.55. The molecule has 5 heteroatoms. The third kappa shape index (κ3) is 3.85. The maximum Gasteiger partial charge on any atom is 0.342 e. The summed E-state index contributed by atoms with van der Waals surface area (Å²) in [6, 6.07) is 15.8. The summed E-state index contributed by atoms with van der Waals surface area (Å²) in [7, 11) is 0. The van der Waals surface area contributed by atoms with Crippen molar-refractivity contribution in [2.45, 2.75) is 13.8 Å².